The van der Waals surface area contributed by atoms with E-state index in [2.05, 4.69) is 21.2 Å². The molecule has 4 nitrogen and oxygen atoms in total. The Bertz CT molecular complexity index is 712. The number of hydrogen-bond acceptors (Lipinski definition) is 4. The number of methoxy groups -OCH3 is 1. The zero-order valence-corrected chi connectivity index (χ0v) is 16.1. The first-order chi connectivity index (χ1) is 12.1. The lowest BCUT2D eigenvalue weighted by atomic mass is 10.1. The molecule has 0 fully saturated rings. The van der Waals surface area contributed by atoms with Gasteiger partial charge in [0.15, 0.2) is 5.76 Å². The average Bonchev–Trinajstić information content (AvgIpc) is 2.63. The first kappa shape index (κ1) is 19.1. The molecule has 0 spiro atoms. The van der Waals surface area contributed by atoms with Gasteiger partial charge >= 0.3 is 0 Å². The molecule has 0 saturated heterocycles. The van der Waals surface area contributed by atoms with Gasteiger partial charge in [0.05, 0.1) is 12.8 Å². The second-order valence-electron chi connectivity index (χ2n) is 5.57. The van der Waals surface area contributed by atoms with E-state index in [1.807, 2.05) is 54.6 Å². The minimum atomic E-state index is 0.375. The molecule has 132 valence electrons. The first-order valence-electron chi connectivity index (χ1n) is 8.09. The molecule has 2 rings (SSSR count). The van der Waals surface area contributed by atoms with Gasteiger partial charge < -0.3 is 20.2 Å². The van der Waals surface area contributed by atoms with Crippen molar-refractivity contribution in [3.63, 3.8) is 0 Å². The normalized spacial score (nSPS) is 11.5. The highest BCUT2D eigenvalue weighted by molar-refractivity contribution is 9.11. The van der Waals surface area contributed by atoms with E-state index in [-0.39, 0.29) is 0 Å². The maximum atomic E-state index is 7.93. The van der Waals surface area contributed by atoms with E-state index >= 15 is 0 Å². The number of ether oxygens (including phenoxy) is 2. The Morgan fingerprint density at radius 2 is 1.72 bits per heavy atom. The summed E-state index contributed by atoms with van der Waals surface area (Å²) in [5, 5.41) is 11.2. The van der Waals surface area contributed by atoms with Gasteiger partial charge in [-0.2, -0.15) is 0 Å². The van der Waals surface area contributed by atoms with Crippen molar-refractivity contribution in [2.75, 3.05) is 13.7 Å². The lowest BCUT2D eigenvalue weighted by molar-refractivity contribution is 0.214. The van der Waals surface area contributed by atoms with Gasteiger partial charge in [0, 0.05) is 6.54 Å². The van der Waals surface area contributed by atoms with Crippen LogP contribution in [0.3, 0.4) is 0 Å². The third-order valence-corrected chi connectivity index (χ3v) is 4.26. The molecule has 0 atom stereocenters. The highest BCUT2D eigenvalue weighted by Crippen LogP contribution is 2.15. The molecule has 0 bridgehead atoms. The summed E-state index contributed by atoms with van der Waals surface area (Å²) in [5.74, 6) is 1.38. The van der Waals surface area contributed by atoms with Crippen LogP contribution < -0.4 is 10.1 Å². The zero-order chi connectivity index (χ0) is 18.1. The predicted molar refractivity (Wildman–Crippen MR) is 105 cm³/mol. The van der Waals surface area contributed by atoms with Gasteiger partial charge in [0.25, 0.3) is 0 Å². The Hall–Kier alpha value is -2.27. The Morgan fingerprint density at radius 3 is 2.32 bits per heavy atom. The molecular formula is C20H23BrN2O2. The van der Waals surface area contributed by atoms with Crippen LogP contribution in [0, 0.1) is 5.41 Å². The summed E-state index contributed by atoms with van der Waals surface area (Å²) >= 11 is 3.50. The summed E-state index contributed by atoms with van der Waals surface area (Å²) in [6.45, 7) is 2.88. The van der Waals surface area contributed by atoms with E-state index in [0.717, 1.165) is 24.3 Å². The molecular weight excluding hydrogens is 380 g/mol. The summed E-state index contributed by atoms with van der Waals surface area (Å²) in [5.41, 5.74) is 2.66. The fourth-order valence-electron chi connectivity index (χ4n) is 2.26. The maximum absolute atomic E-state index is 7.93. The van der Waals surface area contributed by atoms with Crippen molar-refractivity contribution in [2.24, 2.45) is 0 Å². The second kappa shape index (κ2) is 9.89. The molecule has 0 aromatic heterocycles. The molecule has 25 heavy (non-hydrogen) atoms. The third kappa shape index (κ3) is 6.27. The van der Waals surface area contributed by atoms with Gasteiger partial charge in [-0.1, -0.05) is 42.5 Å². The second-order valence-corrected chi connectivity index (χ2v) is 6.36. The van der Waals surface area contributed by atoms with Crippen LogP contribution in [0.2, 0.25) is 0 Å². The number of hydrogen-bond donors (Lipinski definition) is 2. The summed E-state index contributed by atoms with van der Waals surface area (Å²) in [7, 11) is 1.66. The molecule has 0 saturated carbocycles. The molecule has 2 N–H and O–H groups in total. The smallest absolute Gasteiger partial charge is 0.170 e. The largest absolute Gasteiger partial charge is 0.497 e. The van der Waals surface area contributed by atoms with Gasteiger partial charge in [-0.05, 0) is 52.5 Å². The van der Waals surface area contributed by atoms with Gasteiger partial charge in [-0.3, -0.25) is 0 Å². The van der Waals surface area contributed by atoms with Crippen molar-refractivity contribution < 1.29 is 9.47 Å². The van der Waals surface area contributed by atoms with E-state index in [4.69, 9.17) is 14.9 Å². The van der Waals surface area contributed by atoms with Crippen molar-refractivity contribution >= 4 is 21.6 Å². The monoisotopic (exact) mass is 402 g/mol. The van der Waals surface area contributed by atoms with Gasteiger partial charge in [0.2, 0.25) is 0 Å². The number of allylic oxidation sites excluding steroid dienone is 1. The molecule has 0 aliphatic rings. The number of nitrogens with one attached hydrogen (secondary N) is 2. The number of rotatable bonds is 9. The van der Waals surface area contributed by atoms with Gasteiger partial charge in [-0.15, -0.1) is 0 Å². The van der Waals surface area contributed by atoms with Gasteiger partial charge in [-0.25, -0.2) is 0 Å². The molecule has 0 heterocycles. The van der Waals surface area contributed by atoms with Crippen LogP contribution in [-0.4, -0.2) is 19.4 Å². The molecule has 0 unspecified atom stereocenters. The minimum absolute atomic E-state index is 0.375. The molecule has 0 aliphatic carbocycles. The summed E-state index contributed by atoms with van der Waals surface area (Å²) < 4.78 is 11.7. The van der Waals surface area contributed by atoms with Crippen LogP contribution in [0.4, 0.5) is 0 Å². The standard InChI is InChI=1S/C20H23BrN2O2/c1-15(22)19(25-14-17-6-4-3-5-7-17)20(21)23-13-12-16-8-10-18(24-2)11-9-16/h3-11,22-23H,12-14H2,1-2H3/b20-19+,22-15?. The molecule has 0 radical (unpaired) electrons. The van der Waals surface area contributed by atoms with Gasteiger partial charge in [0.1, 0.15) is 17.0 Å². The average molecular weight is 403 g/mol. The quantitative estimate of drug-likeness (QED) is 0.364. The zero-order valence-electron chi connectivity index (χ0n) is 14.5. The fraction of sp³-hybridized carbons (Fsp3) is 0.250. The lowest BCUT2D eigenvalue weighted by Crippen LogP contribution is -2.18. The SMILES string of the molecule is COc1ccc(CCN/C(Br)=C(/OCc2ccccc2)C(C)=N)cc1. The van der Waals surface area contributed by atoms with Crippen molar-refractivity contribution in [2.45, 2.75) is 20.0 Å². The van der Waals surface area contributed by atoms with E-state index in [1.54, 1.807) is 14.0 Å². The van der Waals surface area contributed by atoms with E-state index in [9.17, 15) is 0 Å². The predicted octanol–water partition coefficient (Wildman–Crippen LogP) is 4.65. The summed E-state index contributed by atoms with van der Waals surface area (Å²) in [4.78, 5) is 0. The van der Waals surface area contributed by atoms with E-state index < -0.39 is 0 Å². The first-order valence-corrected chi connectivity index (χ1v) is 8.88. The highest BCUT2D eigenvalue weighted by atomic mass is 79.9. The topological polar surface area (TPSA) is 54.3 Å². The van der Waals surface area contributed by atoms with E-state index in [0.29, 0.717) is 22.7 Å². The molecule has 2 aromatic rings. The molecule has 0 amide bonds. The van der Waals surface area contributed by atoms with Crippen LogP contribution >= 0.6 is 15.9 Å². The fourth-order valence-corrected chi connectivity index (χ4v) is 2.87. The van der Waals surface area contributed by atoms with Crippen molar-refractivity contribution in [3.05, 3.63) is 76.1 Å². The molecule has 2 aromatic carbocycles. The Kier molecular flexibility index (Phi) is 7.54. The van der Waals surface area contributed by atoms with E-state index in [1.165, 1.54) is 5.56 Å². The maximum Gasteiger partial charge on any atom is 0.170 e. The Balaban J connectivity index is 1.90. The highest BCUT2D eigenvalue weighted by Gasteiger charge is 2.09. The molecule has 5 heteroatoms. The van der Waals surface area contributed by atoms with Crippen LogP contribution in [0.25, 0.3) is 0 Å². The van der Waals surface area contributed by atoms with Crippen LogP contribution in [0.1, 0.15) is 18.1 Å². The Labute approximate surface area is 157 Å². The lowest BCUT2D eigenvalue weighted by Gasteiger charge is -2.14. The summed E-state index contributed by atoms with van der Waals surface area (Å²) in [6.07, 6.45) is 0.863. The van der Waals surface area contributed by atoms with Crippen LogP contribution in [0.5, 0.6) is 5.75 Å². The van der Waals surface area contributed by atoms with Crippen molar-refractivity contribution in [3.8, 4) is 5.75 Å². The van der Waals surface area contributed by atoms with Crippen molar-refractivity contribution in [1.29, 1.82) is 5.41 Å². The summed E-state index contributed by atoms with van der Waals surface area (Å²) in [6, 6.07) is 17.9. The number of benzene rings is 2. The number of halogens is 1. The third-order valence-electron chi connectivity index (χ3n) is 3.62. The van der Waals surface area contributed by atoms with Crippen molar-refractivity contribution in [1.82, 2.24) is 5.32 Å². The van der Waals surface area contributed by atoms with Crippen LogP contribution in [0.15, 0.2) is 65.0 Å². The van der Waals surface area contributed by atoms with Crippen LogP contribution in [-0.2, 0) is 17.8 Å². The molecule has 0 aliphatic heterocycles. The minimum Gasteiger partial charge on any atom is -0.497 e. The Morgan fingerprint density at radius 1 is 1.04 bits per heavy atom.